The van der Waals surface area contributed by atoms with Crippen LogP contribution in [0.3, 0.4) is 0 Å². The molecule has 1 aliphatic rings. The van der Waals surface area contributed by atoms with Crippen LogP contribution in [0.4, 0.5) is 0 Å². The first-order valence-corrected chi connectivity index (χ1v) is 3.34. The average molecular weight is 176 g/mol. The molecule has 0 aromatic heterocycles. The lowest BCUT2D eigenvalue weighted by molar-refractivity contribution is -0.766. The van der Waals surface area contributed by atoms with Crippen LogP contribution in [0.25, 0.3) is 0 Å². The monoisotopic (exact) mass is 175 g/mol. The number of carbonyl (C=O) groups is 1. The van der Waals surface area contributed by atoms with Crippen molar-refractivity contribution in [2.45, 2.75) is 12.8 Å². The Morgan fingerprint density at radius 3 is 2.91 bits per heavy atom. The number of hydrogen-bond donors (Lipinski definition) is 1. The molecule has 5 heteroatoms. The van der Waals surface area contributed by atoms with Crippen molar-refractivity contribution >= 4 is 5.91 Å². The van der Waals surface area contributed by atoms with E-state index in [1.54, 1.807) is 5.01 Å². The first kappa shape index (κ1) is 10.2. The Labute approximate surface area is 71.5 Å². The summed E-state index contributed by atoms with van der Waals surface area (Å²) >= 11 is 0. The minimum atomic E-state index is -0.0694. The van der Waals surface area contributed by atoms with Gasteiger partial charge in [-0.2, -0.15) is 10.3 Å². The van der Waals surface area contributed by atoms with Gasteiger partial charge in [-0.25, -0.2) is 5.43 Å². The summed E-state index contributed by atoms with van der Waals surface area (Å²) in [7, 11) is 0. The number of quaternary nitrogens is 1. The fraction of sp³-hybridized carbons (Fsp3) is 0.667. The van der Waals surface area contributed by atoms with Crippen LogP contribution in [0.15, 0.2) is 0 Å². The summed E-state index contributed by atoms with van der Waals surface area (Å²) in [6.45, 7) is 1.76. The summed E-state index contributed by atoms with van der Waals surface area (Å²) in [5.41, 5.74) is 1.86. The summed E-state index contributed by atoms with van der Waals surface area (Å²) in [6.07, 6.45) is 1.05. The maximum absolute atomic E-state index is 10.9. The van der Waals surface area contributed by atoms with E-state index in [-0.39, 0.29) is 24.7 Å². The number of nitrogens with zero attached hydrogens (tertiary/aromatic N) is 2. The number of nitriles is 1. The molecule has 11 heavy (non-hydrogen) atoms. The Bertz CT molecular complexity index is 171. The highest BCUT2D eigenvalue weighted by Gasteiger charge is 2.20. The van der Waals surface area contributed by atoms with Crippen LogP contribution in [0.2, 0.25) is 0 Å². The molecule has 1 rings (SSSR count). The van der Waals surface area contributed by atoms with Crippen LogP contribution in [0, 0.1) is 11.3 Å². The average Bonchev–Trinajstić information content (AvgIpc) is 2.38. The molecule has 1 amide bonds. The Hall–Kier alpha value is -0.790. The maximum Gasteiger partial charge on any atom is 0.281 e. The van der Waals surface area contributed by atoms with Crippen molar-refractivity contribution in [3.63, 3.8) is 0 Å². The minimum absolute atomic E-state index is 0. The third-order valence-electron chi connectivity index (χ3n) is 1.50. The van der Waals surface area contributed by atoms with Crippen LogP contribution < -0.4 is 17.8 Å². The predicted octanol–water partition coefficient (Wildman–Crippen LogP) is -4.39. The van der Waals surface area contributed by atoms with Crippen molar-refractivity contribution < 1.29 is 22.6 Å². The second-order valence-electron chi connectivity index (χ2n) is 2.25. The third kappa shape index (κ3) is 2.74. The zero-order valence-corrected chi connectivity index (χ0v) is 6.84. The molecule has 0 spiro atoms. The van der Waals surface area contributed by atoms with Gasteiger partial charge in [0.15, 0.2) is 0 Å². The van der Waals surface area contributed by atoms with Crippen molar-refractivity contribution in [1.29, 1.82) is 5.26 Å². The molecule has 62 valence electrons. The Kier molecular flexibility index (Phi) is 4.59. The minimum Gasteiger partial charge on any atom is -1.00 e. The molecule has 0 radical (unpaired) electrons. The van der Waals surface area contributed by atoms with E-state index in [9.17, 15) is 4.79 Å². The normalized spacial score (nSPS) is 15.4. The van der Waals surface area contributed by atoms with Gasteiger partial charge in [-0.3, -0.25) is 4.79 Å². The highest BCUT2D eigenvalue weighted by Crippen LogP contribution is 1.90. The van der Waals surface area contributed by atoms with Gasteiger partial charge in [0.25, 0.3) is 5.91 Å². The summed E-state index contributed by atoms with van der Waals surface area (Å²) in [6, 6.07) is 1.83. The van der Waals surface area contributed by atoms with Gasteiger partial charge in [0.05, 0.1) is 19.2 Å². The van der Waals surface area contributed by atoms with Crippen LogP contribution >= 0.6 is 0 Å². The van der Waals surface area contributed by atoms with E-state index in [0.717, 1.165) is 19.5 Å². The molecule has 0 aromatic rings. The summed E-state index contributed by atoms with van der Waals surface area (Å²) in [4.78, 5) is 10.9. The molecule has 0 unspecified atom stereocenters. The van der Waals surface area contributed by atoms with Crippen molar-refractivity contribution in [2.24, 2.45) is 0 Å². The number of amides is 1. The molecule has 0 atom stereocenters. The van der Waals surface area contributed by atoms with Crippen molar-refractivity contribution in [3.05, 3.63) is 0 Å². The highest BCUT2D eigenvalue weighted by atomic mass is 35.5. The first-order valence-electron chi connectivity index (χ1n) is 3.34. The molecule has 1 fully saturated rings. The topological polar surface area (TPSA) is 60.7 Å². The molecular weight excluding hydrogens is 166 g/mol. The van der Waals surface area contributed by atoms with Gasteiger partial charge >= 0.3 is 0 Å². The Morgan fingerprint density at radius 1 is 1.73 bits per heavy atom. The number of rotatable bonds is 1. The second kappa shape index (κ2) is 4.94. The zero-order chi connectivity index (χ0) is 7.40. The van der Waals surface area contributed by atoms with E-state index >= 15 is 0 Å². The number of hydrogen-bond acceptors (Lipinski definition) is 2. The quantitative estimate of drug-likeness (QED) is 0.323. The van der Waals surface area contributed by atoms with E-state index in [4.69, 9.17) is 5.26 Å². The van der Waals surface area contributed by atoms with E-state index in [1.165, 1.54) is 0 Å². The number of carbonyl (C=O) groups excluding carboxylic acids is 1. The Balaban J connectivity index is 0.000001000. The van der Waals surface area contributed by atoms with Crippen molar-refractivity contribution in [2.75, 3.05) is 13.1 Å². The molecule has 2 N–H and O–H groups in total. The van der Waals surface area contributed by atoms with Crippen molar-refractivity contribution in [1.82, 2.24) is 5.01 Å². The lowest BCUT2D eigenvalue weighted by Gasteiger charge is -2.07. The van der Waals surface area contributed by atoms with Gasteiger partial charge in [0.2, 0.25) is 0 Å². The molecule has 0 saturated carbocycles. The van der Waals surface area contributed by atoms with Gasteiger partial charge < -0.3 is 12.4 Å². The molecule has 0 aromatic carbocycles. The standard InChI is InChI=1S/C6H9N3O.ClH/c7-3-2-6(10)9-5-1-4-8-9;/h8H,1-2,4-5H2;1H. The van der Waals surface area contributed by atoms with Gasteiger partial charge in [-0.05, 0) is 0 Å². The lowest BCUT2D eigenvalue weighted by Crippen LogP contribution is -3.00. The highest BCUT2D eigenvalue weighted by molar-refractivity contribution is 5.76. The summed E-state index contributed by atoms with van der Waals surface area (Å²) < 4.78 is 0. The molecule has 0 bridgehead atoms. The number of nitrogens with two attached hydrogens (primary N) is 1. The summed E-state index contributed by atoms with van der Waals surface area (Å²) in [5.74, 6) is -0.0694. The fourth-order valence-electron chi connectivity index (χ4n) is 0.996. The van der Waals surface area contributed by atoms with Crippen LogP contribution in [0.5, 0.6) is 0 Å². The lowest BCUT2D eigenvalue weighted by atomic mass is 10.4. The molecule has 4 nitrogen and oxygen atoms in total. The largest absolute Gasteiger partial charge is 1.00 e. The molecular formula is C6H10ClN3O. The van der Waals surface area contributed by atoms with Gasteiger partial charge in [-0.15, -0.1) is 0 Å². The van der Waals surface area contributed by atoms with E-state index in [1.807, 2.05) is 11.5 Å². The zero-order valence-electron chi connectivity index (χ0n) is 6.09. The van der Waals surface area contributed by atoms with E-state index in [2.05, 4.69) is 0 Å². The van der Waals surface area contributed by atoms with Gasteiger partial charge in [-0.1, -0.05) is 0 Å². The van der Waals surface area contributed by atoms with E-state index in [0.29, 0.717) is 0 Å². The molecule has 1 heterocycles. The van der Waals surface area contributed by atoms with Crippen molar-refractivity contribution in [3.8, 4) is 6.07 Å². The number of halogens is 1. The maximum atomic E-state index is 10.9. The van der Waals surface area contributed by atoms with Crippen LogP contribution in [-0.2, 0) is 4.79 Å². The summed E-state index contributed by atoms with van der Waals surface area (Å²) in [5, 5.41) is 9.81. The smallest absolute Gasteiger partial charge is 0.281 e. The van der Waals surface area contributed by atoms with Crippen LogP contribution in [-0.4, -0.2) is 24.0 Å². The van der Waals surface area contributed by atoms with Gasteiger partial charge in [0.1, 0.15) is 6.42 Å². The first-order chi connectivity index (χ1) is 4.84. The SMILES string of the molecule is N#CCC(=O)N1CCC[NH2+]1.[Cl-]. The second-order valence-corrected chi connectivity index (χ2v) is 2.25. The third-order valence-corrected chi connectivity index (χ3v) is 1.50. The molecule has 0 aliphatic carbocycles. The van der Waals surface area contributed by atoms with Crippen LogP contribution in [0.1, 0.15) is 12.8 Å². The fourth-order valence-corrected chi connectivity index (χ4v) is 0.996. The predicted molar refractivity (Wildman–Crippen MR) is 33.4 cm³/mol. The molecule has 1 aliphatic heterocycles. The van der Waals surface area contributed by atoms with Gasteiger partial charge in [0, 0.05) is 6.42 Å². The molecule has 1 saturated heterocycles. The van der Waals surface area contributed by atoms with E-state index < -0.39 is 0 Å². The Morgan fingerprint density at radius 2 is 2.45 bits per heavy atom.